The maximum absolute atomic E-state index is 10.9. The highest BCUT2D eigenvalue weighted by atomic mass is 16.1. The van der Waals surface area contributed by atoms with E-state index in [0.29, 0.717) is 0 Å². The molecule has 1 aromatic rings. The third-order valence-electron chi connectivity index (χ3n) is 2.55. The lowest BCUT2D eigenvalue weighted by atomic mass is 10.0. The molecule has 0 fully saturated rings. The molecule has 0 bridgehead atoms. The highest BCUT2D eigenvalue weighted by Gasteiger charge is 2.11. The number of aldehydes is 1. The van der Waals surface area contributed by atoms with Crippen molar-refractivity contribution < 1.29 is 4.79 Å². The number of likely N-dealkylation sites (N-methyl/N-ethyl adjacent to an activating group) is 1. The van der Waals surface area contributed by atoms with Crippen LogP contribution in [0.2, 0.25) is 0 Å². The van der Waals surface area contributed by atoms with Crippen LogP contribution in [0.4, 0.5) is 0 Å². The molecule has 1 aromatic carbocycles. The molecule has 0 saturated carbocycles. The van der Waals surface area contributed by atoms with Crippen LogP contribution in [-0.2, 0) is 11.2 Å². The average Bonchev–Trinajstić information content (AvgIpc) is 2.21. The van der Waals surface area contributed by atoms with E-state index in [2.05, 4.69) is 19.1 Å². The van der Waals surface area contributed by atoms with Gasteiger partial charge in [0, 0.05) is 0 Å². The fourth-order valence-electron chi connectivity index (χ4n) is 1.67. The molecular weight excluding hydrogens is 186 g/mol. The van der Waals surface area contributed by atoms with Gasteiger partial charge in [-0.25, -0.2) is 0 Å². The summed E-state index contributed by atoms with van der Waals surface area (Å²) >= 11 is 0. The molecule has 1 unspecified atom stereocenters. The topological polar surface area (TPSA) is 20.3 Å². The van der Waals surface area contributed by atoms with Crippen LogP contribution in [0, 0.1) is 0 Å². The minimum atomic E-state index is -0.124. The van der Waals surface area contributed by atoms with Crippen molar-refractivity contribution in [1.82, 2.24) is 4.90 Å². The summed E-state index contributed by atoms with van der Waals surface area (Å²) in [6, 6.07) is 8.19. The van der Waals surface area contributed by atoms with E-state index in [4.69, 9.17) is 0 Å². The van der Waals surface area contributed by atoms with Crippen LogP contribution < -0.4 is 0 Å². The Balaban J connectivity index is 2.82. The number of aryl methyl sites for hydroxylation is 1. The lowest BCUT2D eigenvalue weighted by Gasteiger charge is -2.18. The standard InChI is InChI=1S/C13H19NO/c1-4-5-11-6-8-12(9-7-11)13(10-15)14(2)3/h6-10,13H,4-5H2,1-3H3. The number of hydrogen-bond donors (Lipinski definition) is 0. The van der Waals surface area contributed by atoms with Gasteiger partial charge in [-0.2, -0.15) is 0 Å². The van der Waals surface area contributed by atoms with E-state index in [1.165, 1.54) is 5.56 Å². The smallest absolute Gasteiger partial charge is 0.141 e. The van der Waals surface area contributed by atoms with E-state index >= 15 is 0 Å². The second kappa shape index (κ2) is 5.66. The van der Waals surface area contributed by atoms with Gasteiger partial charge in [0.2, 0.25) is 0 Å². The van der Waals surface area contributed by atoms with Crippen molar-refractivity contribution in [1.29, 1.82) is 0 Å². The van der Waals surface area contributed by atoms with Crippen LogP contribution in [0.1, 0.15) is 30.5 Å². The van der Waals surface area contributed by atoms with Crippen LogP contribution in [0.5, 0.6) is 0 Å². The maximum Gasteiger partial charge on any atom is 0.141 e. The molecule has 0 aliphatic heterocycles. The lowest BCUT2D eigenvalue weighted by molar-refractivity contribution is -0.111. The first kappa shape index (κ1) is 11.9. The van der Waals surface area contributed by atoms with E-state index < -0.39 is 0 Å². The molecule has 0 radical (unpaired) electrons. The SMILES string of the molecule is CCCc1ccc(C(C=O)N(C)C)cc1. The average molecular weight is 205 g/mol. The summed E-state index contributed by atoms with van der Waals surface area (Å²) in [7, 11) is 3.83. The summed E-state index contributed by atoms with van der Waals surface area (Å²) in [5.41, 5.74) is 2.40. The van der Waals surface area contributed by atoms with Crippen molar-refractivity contribution in [2.24, 2.45) is 0 Å². The molecule has 0 amide bonds. The van der Waals surface area contributed by atoms with Gasteiger partial charge in [-0.1, -0.05) is 37.6 Å². The molecule has 2 heteroatoms. The van der Waals surface area contributed by atoms with E-state index in [9.17, 15) is 4.79 Å². The summed E-state index contributed by atoms with van der Waals surface area (Å²) in [5.74, 6) is 0. The van der Waals surface area contributed by atoms with E-state index in [0.717, 1.165) is 24.7 Å². The number of nitrogens with zero attached hydrogens (tertiary/aromatic N) is 1. The third kappa shape index (κ3) is 3.17. The highest BCUT2D eigenvalue weighted by Crippen LogP contribution is 2.16. The number of rotatable bonds is 5. The summed E-state index contributed by atoms with van der Waals surface area (Å²) in [6.45, 7) is 2.17. The van der Waals surface area contributed by atoms with Crippen molar-refractivity contribution in [3.63, 3.8) is 0 Å². The van der Waals surface area contributed by atoms with Gasteiger partial charge >= 0.3 is 0 Å². The van der Waals surface area contributed by atoms with E-state index in [1.807, 2.05) is 31.1 Å². The monoisotopic (exact) mass is 205 g/mol. The molecule has 0 heterocycles. The predicted octanol–water partition coefficient (Wildman–Crippen LogP) is 2.44. The van der Waals surface area contributed by atoms with Gasteiger partial charge in [0.05, 0.1) is 6.04 Å². The van der Waals surface area contributed by atoms with Gasteiger partial charge in [0.15, 0.2) is 0 Å². The quantitative estimate of drug-likeness (QED) is 0.688. The second-order valence-corrected chi connectivity index (χ2v) is 4.04. The molecule has 0 N–H and O–H groups in total. The Morgan fingerprint density at radius 2 is 1.87 bits per heavy atom. The normalized spacial score (nSPS) is 12.8. The number of hydrogen-bond acceptors (Lipinski definition) is 2. The summed E-state index contributed by atoms with van der Waals surface area (Å²) < 4.78 is 0. The first-order valence-electron chi connectivity index (χ1n) is 5.39. The lowest BCUT2D eigenvalue weighted by Crippen LogP contribution is -2.20. The summed E-state index contributed by atoms with van der Waals surface area (Å²) in [6.07, 6.45) is 3.24. The van der Waals surface area contributed by atoms with Gasteiger partial charge < -0.3 is 4.79 Å². The third-order valence-corrected chi connectivity index (χ3v) is 2.55. The van der Waals surface area contributed by atoms with Gasteiger partial charge in [0.25, 0.3) is 0 Å². The van der Waals surface area contributed by atoms with Gasteiger partial charge in [-0.3, -0.25) is 4.90 Å². The molecule has 2 nitrogen and oxygen atoms in total. The van der Waals surface area contributed by atoms with Crippen LogP contribution in [0.3, 0.4) is 0 Å². The zero-order valence-corrected chi connectivity index (χ0v) is 9.73. The Morgan fingerprint density at radius 3 is 2.27 bits per heavy atom. The van der Waals surface area contributed by atoms with Crippen LogP contribution in [0.25, 0.3) is 0 Å². The van der Waals surface area contributed by atoms with E-state index in [1.54, 1.807) is 0 Å². The molecule has 1 atom stereocenters. The molecule has 15 heavy (non-hydrogen) atoms. The minimum absolute atomic E-state index is 0.124. The Kier molecular flexibility index (Phi) is 4.50. The highest BCUT2D eigenvalue weighted by molar-refractivity contribution is 5.61. The molecule has 1 rings (SSSR count). The van der Waals surface area contributed by atoms with Crippen LogP contribution in [0.15, 0.2) is 24.3 Å². The fraction of sp³-hybridized carbons (Fsp3) is 0.462. The Labute approximate surface area is 91.9 Å². The first-order chi connectivity index (χ1) is 7.19. The fourth-order valence-corrected chi connectivity index (χ4v) is 1.67. The summed E-state index contributed by atoms with van der Waals surface area (Å²) in [4.78, 5) is 12.8. The Bertz CT molecular complexity index is 303. The van der Waals surface area contributed by atoms with Crippen molar-refractivity contribution in [2.75, 3.05) is 14.1 Å². The zero-order chi connectivity index (χ0) is 11.3. The number of carbonyl (C=O) groups excluding carboxylic acids is 1. The largest absolute Gasteiger partial charge is 0.301 e. The Hall–Kier alpha value is -1.15. The maximum atomic E-state index is 10.9. The zero-order valence-electron chi connectivity index (χ0n) is 9.73. The molecular formula is C13H19NO. The minimum Gasteiger partial charge on any atom is -0.301 e. The molecule has 0 aliphatic carbocycles. The van der Waals surface area contributed by atoms with Gasteiger partial charge in [0.1, 0.15) is 6.29 Å². The first-order valence-corrected chi connectivity index (χ1v) is 5.39. The van der Waals surface area contributed by atoms with Crippen LogP contribution in [-0.4, -0.2) is 25.3 Å². The van der Waals surface area contributed by atoms with Crippen LogP contribution >= 0.6 is 0 Å². The second-order valence-electron chi connectivity index (χ2n) is 4.04. The van der Waals surface area contributed by atoms with Crippen molar-refractivity contribution in [2.45, 2.75) is 25.8 Å². The van der Waals surface area contributed by atoms with Crippen molar-refractivity contribution >= 4 is 6.29 Å². The van der Waals surface area contributed by atoms with Gasteiger partial charge in [-0.05, 0) is 31.6 Å². The van der Waals surface area contributed by atoms with E-state index in [-0.39, 0.29) is 6.04 Å². The van der Waals surface area contributed by atoms with Crippen molar-refractivity contribution in [3.05, 3.63) is 35.4 Å². The molecule has 82 valence electrons. The molecule has 0 aliphatic rings. The number of benzene rings is 1. The Morgan fingerprint density at radius 1 is 1.27 bits per heavy atom. The predicted molar refractivity (Wildman–Crippen MR) is 62.9 cm³/mol. The van der Waals surface area contributed by atoms with Crippen molar-refractivity contribution in [3.8, 4) is 0 Å². The molecule has 0 aromatic heterocycles. The van der Waals surface area contributed by atoms with Gasteiger partial charge in [-0.15, -0.1) is 0 Å². The summed E-state index contributed by atoms with van der Waals surface area (Å²) in [5, 5.41) is 0. The number of carbonyl (C=O) groups is 1. The molecule has 0 spiro atoms. The molecule has 0 saturated heterocycles.